The number of nitrogens with zero attached hydrogens (tertiary/aromatic N) is 5. The zero-order valence-corrected chi connectivity index (χ0v) is 23.3. The second-order valence-electron chi connectivity index (χ2n) is 10.6. The summed E-state index contributed by atoms with van der Waals surface area (Å²) in [5, 5.41) is 4.84. The number of hydrogen-bond acceptors (Lipinski definition) is 6. The van der Waals surface area contributed by atoms with Gasteiger partial charge in [-0.05, 0) is 83.8 Å². The molecular weight excluding hydrogens is 496 g/mol. The first kappa shape index (κ1) is 26.3. The molecule has 1 saturated carbocycles. The minimum absolute atomic E-state index is 0.114. The number of rotatable bonds is 7. The summed E-state index contributed by atoms with van der Waals surface area (Å²) < 4.78 is 1.71. The number of aromatic nitrogens is 4. The van der Waals surface area contributed by atoms with Crippen LogP contribution in [0, 0.1) is 12.8 Å². The van der Waals surface area contributed by atoms with E-state index in [1.54, 1.807) is 10.8 Å². The lowest BCUT2D eigenvalue weighted by molar-refractivity contribution is 0.255. The van der Waals surface area contributed by atoms with Crippen molar-refractivity contribution >= 4 is 28.6 Å². The molecule has 198 valence electrons. The van der Waals surface area contributed by atoms with Crippen molar-refractivity contribution < 1.29 is 0 Å². The number of fused-ring (bicyclic) bond motifs is 1. The average molecular weight is 531 g/mol. The van der Waals surface area contributed by atoms with Gasteiger partial charge in [-0.1, -0.05) is 29.8 Å². The predicted octanol–water partition coefficient (Wildman–Crippen LogP) is 6.03. The van der Waals surface area contributed by atoms with Gasteiger partial charge in [-0.15, -0.1) is 0 Å². The topological polar surface area (TPSA) is 75.9 Å². The maximum atomic E-state index is 13.6. The molecule has 7 nitrogen and oxygen atoms in total. The van der Waals surface area contributed by atoms with E-state index < -0.39 is 0 Å². The molecule has 1 N–H and O–H groups in total. The molecule has 0 radical (unpaired) electrons. The molecule has 1 aliphatic carbocycles. The summed E-state index contributed by atoms with van der Waals surface area (Å²) in [7, 11) is 4.27. The third-order valence-electron chi connectivity index (χ3n) is 7.39. The highest BCUT2D eigenvalue weighted by atomic mass is 35.5. The van der Waals surface area contributed by atoms with Crippen LogP contribution in [0.3, 0.4) is 0 Å². The third-order valence-corrected chi connectivity index (χ3v) is 7.70. The Morgan fingerprint density at radius 2 is 1.84 bits per heavy atom. The van der Waals surface area contributed by atoms with Crippen molar-refractivity contribution in [1.29, 1.82) is 0 Å². The van der Waals surface area contributed by atoms with Gasteiger partial charge in [-0.3, -0.25) is 14.3 Å². The van der Waals surface area contributed by atoms with E-state index in [1.807, 2.05) is 56.3 Å². The normalized spacial score (nSPS) is 17.7. The van der Waals surface area contributed by atoms with Crippen molar-refractivity contribution in [3.05, 3.63) is 69.7 Å². The second-order valence-corrected chi connectivity index (χ2v) is 11.0. The van der Waals surface area contributed by atoms with E-state index >= 15 is 0 Å². The van der Waals surface area contributed by atoms with Crippen LogP contribution < -0.4 is 10.9 Å². The van der Waals surface area contributed by atoms with E-state index in [2.05, 4.69) is 34.3 Å². The quantitative estimate of drug-likeness (QED) is 0.314. The largest absolute Gasteiger partial charge is 0.351 e. The van der Waals surface area contributed by atoms with Crippen molar-refractivity contribution in [2.45, 2.75) is 52.1 Å². The third kappa shape index (κ3) is 5.59. The van der Waals surface area contributed by atoms with Gasteiger partial charge in [0.1, 0.15) is 5.65 Å². The van der Waals surface area contributed by atoms with E-state index in [0.29, 0.717) is 40.3 Å². The molecule has 0 amide bonds. The van der Waals surface area contributed by atoms with Gasteiger partial charge in [-0.2, -0.15) is 4.98 Å². The highest BCUT2D eigenvalue weighted by molar-refractivity contribution is 6.33. The zero-order chi connectivity index (χ0) is 26.8. The second kappa shape index (κ2) is 11.2. The molecule has 3 aromatic heterocycles. The molecule has 0 spiro atoms. The summed E-state index contributed by atoms with van der Waals surface area (Å²) in [5.41, 5.74) is 4.45. The van der Waals surface area contributed by atoms with Crippen molar-refractivity contribution in [3.63, 3.8) is 0 Å². The molecule has 0 atom stereocenters. The summed E-state index contributed by atoms with van der Waals surface area (Å²) in [5.74, 6) is 1.33. The molecular formula is C30H35ClN6O. The summed E-state index contributed by atoms with van der Waals surface area (Å²) in [4.78, 5) is 29.8. The fourth-order valence-electron chi connectivity index (χ4n) is 5.50. The number of hydrogen-bond donors (Lipinski definition) is 1. The number of benzene rings is 1. The van der Waals surface area contributed by atoms with Gasteiger partial charge in [0.2, 0.25) is 5.95 Å². The number of halogens is 1. The Bertz CT molecular complexity index is 1510. The van der Waals surface area contributed by atoms with E-state index in [-0.39, 0.29) is 5.56 Å². The lowest BCUT2D eigenvalue weighted by atomic mass is 9.86. The van der Waals surface area contributed by atoms with Crippen molar-refractivity contribution in [1.82, 2.24) is 24.4 Å². The number of pyridine rings is 2. The maximum absolute atomic E-state index is 13.6. The van der Waals surface area contributed by atoms with E-state index in [9.17, 15) is 4.79 Å². The Kier molecular flexibility index (Phi) is 7.77. The van der Waals surface area contributed by atoms with Crippen LogP contribution in [-0.4, -0.2) is 51.1 Å². The van der Waals surface area contributed by atoms with Crippen LogP contribution in [0.25, 0.3) is 33.4 Å². The maximum Gasteiger partial charge on any atom is 0.260 e. The van der Waals surface area contributed by atoms with Gasteiger partial charge in [0, 0.05) is 58.1 Å². The molecule has 0 saturated heterocycles. The fraction of sp³-hybridized carbons (Fsp3) is 0.400. The molecule has 1 aromatic carbocycles. The van der Waals surface area contributed by atoms with Gasteiger partial charge in [0.05, 0.1) is 5.69 Å². The van der Waals surface area contributed by atoms with Crippen LogP contribution in [0.1, 0.15) is 38.3 Å². The minimum atomic E-state index is -0.114. The Balaban J connectivity index is 1.42. The van der Waals surface area contributed by atoms with Crippen molar-refractivity contribution in [2.75, 3.05) is 26.0 Å². The number of anilines is 1. The Hall–Kier alpha value is -3.29. The first-order chi connectivity index (χ1) is 18.3. The van der Waals surface area contributed by atoms with E-state index in [1.165, 1.54) is 12.8 Å². The lowest BCUT2D eigenvalue weighted by Gasteiger charge is -2.30. The van der Waals surface area contributed by atoms with Crippen LogP contribution >= 0.6 is 11.6 Å². The smallest absolute Gasteiger partial charge is 0.260 e. The molecule has 0 unspecified atom stereocenters. The highest BCUT2D eigenvalue weighted by Gasteiger charge is 2.22. The Labute approximate surface area is 228 Å². The summed E-state index contributed by atoms with van der Waals surface area (Å²) in [6, 6.07) is 13.8. The molecule has 0 aliphatic heterocycles. The molecule has 5 rings (SSSR count). The van der Waals surface area contributed by atoms with Gasteiger partial charge in [0.25, 0.3) is 5.56 Å². The van der Waals surface area contributed by atoms with Crippen LogP contribution in [-0.2, 0) is 6.54 Å². The van der Waals surface area contributed by atoms with Crippen LogP contribution in [0.15, 0.2) is 53.5 Å². The van der Waals surface area contributed by atoms with E-state index in [0.717, 1.165) is 47.6 Å². The molecule has 1 fully saturated rings. The van der Waals surface area contributed by atoms with Crippen LogP contribution in [0.4, 0.5) is 5.95 Å². The van der Waals surface area contributed by atoms with Crippen molar-refractivity contribution in [2.24, 2.45) is 5.92 Å². The number of nitrogens with one attached hydrogen (secondary N) is 1. The van der Waals surface area contributed by atoms with Crippen LogP contribution in [0.2, 0.25) is 5.02 Å². The first-order valence-corrected chi connectivity index (χ1v) is 13.8. The van der Waals surface area contributed by atoms with Gasteiger partial charge in [-0.25, -0.2) is 4.98 Å². The van der Waals surface area contributed by atoms with Gasteiger partial charge < -0.3 is 10.2 Å². The highest BCUT2D eigenvalue weighted by Crippen LogP contribution is 2.32. The molecule has 38 heavy (non-hydrogen) atoms. The van der Waals surface area contributed by atoms with E-state index in [4.69, 9.17) is 16.6 Å². The Morgan fingerprint density at radius 1 is 1.05 bits per heavy atom. The van der Waals surface area contributed by atoms with Crippen molar-refractivity contribution in [3.8, 4) is 22.4 Å². The molecule has 8 heteroatoms. The SMILES string of the molecule is CCn1c(=O)c(-c2ccc(-c3cccc(C)n3)cc2Cl)cc2cnc(NC3CCC(CN(C)C)CC3)nc21. The summed E-state index contributed by atoms with van der Waals surface area (Å²) >= 11 is 6.72. The Morgan fingerprint density at radius 3 is 2.53 bits per heavy atom. The first-order valence-electron chi connectivity index (χ1n) is 13.4. The molecule has 3 heterocycles. The molecule has 4 aromatic rings. The molecule has 1 aliphatic rings. The average Bonchev–Trinajstić information content (AvgIpc) is 2.89. The number of aryl methyl sites for hydroxylation is 2. The zero-order valence-electron chi connectivity index (χ0n) is 22.5. The van der Waals surface area contributed by atoms with Gasteiger partial charge in [0.15, 0.2) is 0 Å². The summed E-state index contributed by atoms with van der Waals surface area (Å²) in [6.45, 7) is 5.56. The predicted molar refractivity (Wildman–Crippen MR) is 156 cm³/mol. The van der Waals surface area contributed by atoms with Gasteiger partial charge >= 0.3 is 0 Å². The summed E-state index contributed by atoms with van der Waals surface area (Å²) in [6.07, 6.45) is 6.41. The lowest BCUT2D eigenvalue weighted by Crippen LogP contribution is -2.31. The monoisotopic (exact) mass is 530 g/mol. The van der Waals surface area contributed by atoms with Crippen LogP contribution in [0.5, 0.6) is 0 Å². The molecule has 0 bridgehead atoms. The standard InChI is InChI=1S/C30H35ClN6O/c1-5-37-28-22(17-32-30(35-28)34-23-12-9-20(10-13-23)18-36(3)4)15-25(29(37)38)24-14-11-21(16-26(24)31)27-8-6-7-19(2)33-27/h6-8,11,14-17,20,23H,5,9-10,12-13,18H2,1-4H3,(H,32,34,35). The minimum Gasteiger partial charge on any atom is -0.351 e. The fourth-order valence-corrected chi connectivity index (χ4v) is 5.78.